The Morgan fingerprint density at radius 2 is 1.25 bits per heavy atom. The van der Waals surface area contributed by atoms with E-state index >= 15 is 0 Å². The van der Waals surface area contributed by atoms with E-state index in [0.717, 1.165) is 0 Å². The SMILES string of the molecule is Cl.[B].[Ca+2].[H-].[H-].[H-].[Na+]. The molecule has 0 saturated carbocycles. The summed E-state index contributed by atoms with van der Waals surface area (Å²) in [5.41, 5.74) is 0. The molecule has 0 aliphatic carbocycles. The van der Waals surface area contributed by atoms with Crippen molar-refractivity contribution in [2.24, 2.45) is 0 Å². The van der Waals surface area contributed by atoms with E-state index in [1.165, 1.54) is 0 Å². The van der Waals surface area contributed by atoms with Gasteiger partial charge in [-0.25, -0.2) is 0 Å². The minimum atomic E-state index is 0. The largest absolute Gasteiger partial charge is 2.00 e. The second-order valence-corrected chi connectivity index (χ2v) is 0. The first-order valence-electron chi connectivity index (χ1n) is 0. The Labute approximate surface area is 90.8 Å². The molecule has 0 fully saturated rings. The molecule has 0 spiro atoms. The van der Waals surface area contributed by atoms with E-state index < -0.39 is 0 Å². The number of rotatable bonds is 0. The fraction of sp³-hybridized carbons (Fsp3) is 0. The first kappa shape index (κ1) is 30.5. The van der Waals surface area contributed by atoms with Crippen molar-refractivity contribution < 1.29 is 33.8 Å². The molecule has 3 radical (unpaired) electrons. The summed E-state index contributed by atoms with van der Waals surface area (Å²) in [5.74, 6) is 0. The molecule has 0 amide bonds. The Bertz CT molecular complexity index is 14.9. The molecule has 0 aromatic rings. The molecule has 0 saturated heterocycles. The van der Waals surface area contributed by atoms with E-state index in [9.17, 15) is 0 Å². The maximum absolute atomic E-state index is 0. The van der Waals surface area contributed by atoms with Crippen molar-refractivity contribution in [3.05, 3.63) is 0 Å². The van der Waals surface area contributed by atoms with Gasteiger partial charge in [-0.05, 0) is 0 Å². The van der Waals surface area contributed by atoms with Crippen LogP contribution in [0.4, 0.5) is 0 Å². The van der Waals surface area contributed by atoms with Crippen molar-refractivity contribution in [1.29, 1.82) is 0 Å². The van der Waals surface area contributed by atoms with Crippen LogP contribution in [0.25, 0.3) is 0 Å². The van der Waals surface area contributed by atoms with E-state index in [0.29, 0.717) is 0 Å². The van der Waals surface area contributed by atoms with Crippen molar-refractivity contribution in [3.63, 3.8) is 0 Å². The van der Waals surface area contributed by atoms with E-state index in [1.54, 1.807) is 0 Å². The molecule has 4 heteroatoms. The van der Waals surface area contributed by atoms with Gasteiger partial charge in [-0.15, -0.1) is 12.4 Å². The Morgan fingerprint density at radius 1 is 1.25 bits per heavy atom. The summed E-state index contributed by atoms with van der Waals surface area (Å²) in [6.07, 6.45) is 0. The number of halogens is 1. The standard InChI is InChI=1S/B.Ca.ClH.Na.3H/h;;1H;;;;/q;+2;;+1;3*-1. The summed E-state index contributed by atoms with van der Waals surface area (Å²) >= 11 is 0. The molecular weight excluding hydrogens is 109 g/mol. The summed E-state index contributed by atoms with van der Waals surface area (Å²) in [5, 5.41) is 0. The predicted molar refractivity (Wildman–Crippen MR) is 22.1 cm³/mol. The molecule has 0 aliphatic rings. The average Bonchev–Trinajstić information content (AvgIpc) is 0. The zero-order valence-electron chi connectivity index (χ0n) is 5.69. The van der Waals surface area contributed by atoms with Gasteiger partial charge in [0.05, 0.1) is 0 Å². The van der Waals surface area contributed by atoms with Gasteiger partial charge in [0.25, 0.3) is 0 Å². The molecule has 4 heavy (non-hydrogen) atoms. The van der Waals surface area contributed by atoms with Gasteiger partial charge in [0.2, 0.25) is 0 Å². The predicted octanol–water partition coefficient (Wildman–Crippen LogP) is -3.00. The van der Waals surface area contributed by atoms with Gasteiger partial charge in [0.1, 0.15) is 0 Å². The van der Waals surface area contributed by atoms with Gasteiger partial charge in [-0.3, -0.25) is 0 Å². The molecule has 0 N–H and O–H groups in total. The summed E-state index contributed by atoms with van der Waals surface area (Å²) < 4.78 is 0. The first-order chi connectivity index (χ1) is 0. The Hall–Kier alpha value is 2.61. The van der Waals surface area contributed by atoms with E-state index in [2.05, 4.69) is 0 Å². The number of hydrogen-bond acceptors (Lipinski definition) is 0. The van der Waals surface area contributed by atoms with Crippen LogP contribution in [0.2, 0.25) is 0 Å². The van der Waals surface area contributed by atoms with Gasteiger partial charge in [0, 0.05) is 8.41 Å². The quantitative estimate of drug-likeness (QED) is 0.294. The van der Waals surface area contributed by atoms with Gasteiger partial charge in [-0.2, -0.15) is 0 Å². The second-order valence-electron chi connectivity index (χ2n) is 0. The Balaban J connectivity index is 0. The fourth-order valence-electron chi connectivity index (χ4n) is 0. The van der Waals surface area contributed by atoms with Crippen molar-refractivity contribution in [2.75, 3.05) is 0 Å². The summed E-state index contributed by atoms with van der Waals surface area (Å²) in [4.78, 5) is 0. The van der Waals surface area contributed by atoms with Crippen LogP contribution >= 0.6 is 12.4 Å². The third kappa shape index (κ3) is 8.82. The molecule has 0 heterocycles. The molecule has 0 aromatic carbocycles. The van der Waals surface area contributed by atoms with Crippen molar-refractivity contribution in [2.45, 2.75) is 0 Å². The van der Waals surface area contributed by atoms with Crippen LogP contribution in [0.1, 0.15) is 4.28 Å². The van der Waals surface area contributed by atoms with Crippen LogP contribution in [-0.4, -0.2) is 46.2 Å². The van der Waals surface area contributed by atoms with Crippen LogP contribution in [0.5, 0.6) is 0 Å². The second kappa shape index (κ2) is 17.5. The smallest absolute Gasteiger partial charge is 1.00 e. The van der Waals surface area contributed by atoms with Crippen LogP contribution < -0.4 is 29.6 Å². The van der Waals surface area contributed by atoms with Crippen LogP contribution in [0.15, 0.2) is 0 Å². The summed E-state index contributed by atoms with van der Waals surface area (Å²) in [6.45, 7) is 0. The van der Waals surface area contributed by atoms with E-state index in [1.807, 2.05) is 0 Å². The molecule has 0 aromatic heterocycles. The minimum absolute atomic E-state index is 0. The monoisotopic (exact) mass is 113 g/mol. The Kier molecular flexibility index (Phi) is 133. The van der Waals surface area contributed by atoms with Crippen LogP contribution in [0, 0.1) is 0 Å². The topological polar surface area (TPSA) is 0 Å². The third-order valence-electron chi connectivity index (χ3n) is 0. The fourth-order valence-corrected chi connectivity index (χ4v) is 0. The molecule has 17 valence electrons. The van der Waals surface area contributed by atoms with E-state index in [4.69, 9.17) is 0 Å². The van der Waals surface area contributed by atoms with Crippen molar-refractivity contribution in [3.8, 4) is 0 Å². The van der Waals surface area contributed by atoms with Crippen molar-refractivity contribution >= 4 is 58.6 Å². The average molecular weight is 113 g/mol. The zero-order valence-corrected chi connectivity index (χ0v) is 7.72. The number of hydrogen-bond donors (Lipinski definition) is 0. The Morgan fingerprint density at radius 3 is 1.25 bits per heavy atom. The van der Waals surface area contributed by atoms with Gasteiger partial charge >= 0.3 is 67.3 Å². The van der Waals surface area contributed by atoms with Gasteiger partial charge < -0.3 is 4.28 Å². The molecule has 0 aliphatic heterocycles. The molecule has 0 atom stereocenters. The zero-order chi connectivity index (χ0) is 0. The molecule has 0 bridgehead atoms. The van der Waals surface area contributed by atoms with Gasteiger partial charge in [-0.1, -0.05) is 0 Å². The van der Waals surface area contributed by atoms with Crippen LogP contribution in [0.3, 0.4) is 0 Å². The molecule has 0 nitrogen and oxygen atoms in total. The van der Waals surface area contributed by atoms with E-state index in [-0.39, 0.29) is 92.4 Å². The molecular formula is H4BCaClNa. The van der Waals surface area contributed by atoms with Crippen molar-refractivity contribution in [1.82, 2.24) is 0 Å². The molecule has 0 rings (SSSR count). The van der Waals surface area contributed by atoms with Gasteiger partial charge in [0.15, 0.2) is 0 Å². The maximum Gasteiger partial charge on any atom is 2.00 e. The summed E-state index contributed by atoms with van der Waals surface area (Å²) in [7, 11) is 0. The minimum Gasteiger partial charge on any atom is -1.00 e. The maximum atomic E-state index is 0. The third-order valence-corrected chi connectivity index (χ3v) is 0. The summed E-state index contributed by atoms with van der Waals surface area (Å²) in [6, 6.07) is 0. The first-order valence-corrected chi connectivity index (χ1v) is 0. The normalized spacial score (nSPS) is 0. The van der Waals surface area contributed by atoms with Crippen LogP contribution in [-0.2, 0) is 0 Å². The molecule has 0 unspecified atom stereocenters.